The lowest BCUT2D eigenvalue weighted by molar-refractivity contribution is -0.138. The molecule has 0 saturated carbocycles. The lowest BCUT2D eigenvalue weighted by atomic mass is 10.3. The summed E-state index contributed by atoms with van der Waals surface area (Å²) in [5, 5.41) is 8.76. The van der Waals surface area contributed by atoms with Crippen LogP contribution in [0, 0.1) is 0 Å². The molecule has 0 radical (unpaired) electrons. The van der Waals surface area contributed by atoms with Crippen LogP contribution >= 0.6 is 0 Å². The zero-order valence-corrected chi connectivity index (χ0v) is 12.0. The van der Waals surface area contributed by atoms with Gasteiger partial charge in [0.1, 0.15) is 0 Å². The van der Waals surface area contributed by atoms with Crippen LogP contribution < -0.4 is 0 Å². The van der Waals surface area contributed by atoms with Crippen molar-refractivity contribution in [3.8, 4) is 0 Å². The van der Waals surface area contributed by atoms with Crippen molar-refractivity contribution in [2.24, 2.45) is 0 Å². The number of urea groups is 1. The Balaban J connectivity index is 1.83. The van der Waals surface area contributed by atoms with Crippen molar-refractivity contribution in [1.82, 2.24) is 14.7 Å². The number of piperazine rings is 1. The third-order valence-corrected chi connectivity index (χ3v) is 3.72. The quantitative estimate of drug-likeness (QED) is 0.768. The van der Waals surface area contributed by atoms with Crippen molar-refractivity contribution in [2.45, 2.75) is 19.4 Å². The summed E-state index contributed by atoms with van der Waals surface area (Å²) >= 11 is 0. The van der Waals surface area contributed by atoms with E-state index >= 15 is 0 Å². The number of nitrogens with zero attached hydrogens (tertiary/aromatic N) is 3. The van der Waals surface area contributed by atoms with Crippen LogP contribution in [-0.2, 0) is 9.53 Å². The van der Waals surface area contributed by atoms with E-state index < -0.39 is 5.97 Å². The molecule has 114 valence electrons. The number of ether oxygens (including phenoxy) is 1. The molecule has 2 rings (SSSR count). The molecule has 7 heteroatoms. The van der Waals surface area contributed by atoms with Crippen molar-refractivity contribution in [3.63, 3.8) is 0 Å². The van der Waals surface area contributed by atoms with Gasteiger partial charge in [0.15, 0.2) is 0 Å². The summed E-state index contributed by atoms with van der Waals surface area (Å²) in [4.78, 5) is 28.6. The van der Waals surface area contributed by atoms with Crippen molar-refractivity contribution in [2.75, 3.05) is 52.4 Å². The molecule has 0 aromatic heterocycles. The molecular weight excluding hydrogens is 262 g/mol. The summed E-state index contributed by atoms with van der Waals surface area (Å²) in [6.07, 6.45) is 0.949. The molecule has 0 bridgehead atoms. The van der Waals surface area contributed by atoms with Crippen molar-refractivity contribution >= 4 is 12.0 Å². The van der Waals surface area contributed by atoms with Gasteiger partial charge in [0, 0.05) is 45.9 Å². The van der Waals surface area contributed by atoms with Gasteiger partial charge in [-0.05, 0) is 13.3 Å². The topological polar surface area (TPSA) is 73.3 Å². The molecule has 2 saturated heterocycles. The molecule has 0 aliphatic carbocycles. The second-order valence-electron chi connectivity index (χ2n) is 5.42. The van der Waals surface area contributed by atoms with E-state index in [1.807, 2.05) is 21.6 Å². The normalized spacial score (nSPS) is 25.4. The fraction of sp³-hybridized carbons (Fsp3) is 0.846. The van der Waals surface area contributed by atoms with Gasteiger partial charge in [-0.1, -0.05) is 0 Å². The number of carbonyl (C=O) groups is 2. The Kier molecular flexibility index (Phi) is 5.19. The number of carboxylic acid groups (broad SMARTS) is 1. The zero-order chi connectivity index (χ0) is 14.5. The molecular formula is C13H23N3O4. The van der Waals surface area contributed by atoms with Gasteiger partial charge >= 0.3 is 12.0 Å². The fourth-order valence-corrected chi connectivity index (χ4v) is 2.66. The van der Waals surface area contributed by atoms with E-state index in [2.05, 4.69) is 0 Å². The number of aliphatic carboxylic acids is 1. The van der Waals surface area contributed by atoms with E-state index in [-0.39, 0.29) is 18.7 Å². The van der Waals surface area contributed by atoms with Crippen molar-refractivity contribution in [1.29, 1.82) is 0 Å². The first-order valence-electron chi connectivity index (χ1n) is 7.16. The highest BCUT2D eigenvalue weighted by molar-refractivity contribution is 5.74. The lowest BCUT2D eigenvalue weighted by Crippen LogP contribution is -2.54. The maximum Gasteiger partial charge on any atom is 0.320 e. The van der Waals surface area contributed by atoms with Crippen LogP contribution in [0.5, 0.6) is 0 Å². The average molecular weight is 285 g/mol. The number of carbonyl (C=O) groups excluding carboxylic acids is 1. The average Bonchev–Trinajstić information content (AvgIpc) is 2.63. The summed E-state index contributed by atoms with van der Waals surface area (Å²) in [7, 11) is 0. The van der Waals surface area contributed by atoms with Crippen LogP contribution in [0.3, 0.4) is 0 Å². The van der Waals surface area contributed by atoms with Gasteiger partial charge in [0.25, 0.3) is 0 Å². The van der Waals surface area contributed by atoms with Crippen molar-refractivity contribution < 1.29 is 19.4 Å². The molecule has 1 unspecified atom stereocenters. The summed E-state index contributed by atoms with van der Waals surface area (Å²) < 4.78 is 5.55. The number of amides is 2. The smallest absolute Gasteiger partial charge is 0.320 e. The van der Waals surface area contributed by atoms with Crippen LogP contribution in [0.4, 0.5) is 4.79 Å². The predicted molar refractivity (Wildman–Crippen MR) is 72.6 cm³/mol. The van der Waals surface area contributed by atoms with Crippen LogP contribution in [-0.4, -0.2) is 90.3 Å². The predicted octanol–water partition coefficient (Wildman–Crippen LogP) is -0.0806. The highest BCUT2D eigenvalue weighted by Gasteiger charge is 2.27. The minimum Gasteiger partial charge on any atom is -0.480 e. The number of hydrogen-bond acceptors (Lipinski definition) is 4. The molecule has 0 aromatic rings. The Morgan fingerprint density at radius 3 is 2.50 bits per heavy atom. The third-order valence-electron chi connectivity index (χ3n) is 3.72. The van der Waals surface area contributed by atoms with E-state index in [4.69, 9.17) is 9.84 Å². The van der Waals surface area contributed by atoms with Gasteiger partial charge in [-0.3, -0.25) is 9.69 Å². The fourth-order valence-electron chi connectivity index (χ4n) is 2.66. The molecule has 20 heavy (non-hydrogen) atoms. The van der Waals surface area contributed by atoms with E-state index in [0.717, 1.165) is 13.0 Å². The Labute approximate surface area is 119 Å². The summed E-state index contributed by atoms with van der Waals surface area (Å²) in [6, 6.07) is 0.0531. The molecule has 2 amide bonds. The second kappa shape index (κ2) is 6.90. The van der Waals surface area contributed by atoms with Gasteiger partial charge in [-0.2, -0.15) is 0 Å². The maximum atomic E-state index is 12.4. The van der Waals surface area contributed by atoms with Crippen LogP contribution in [0.2, 0.25) is 0 Å². The maximum absolute atomic E-state index is 12.4. The molecule has 0 aromatic carbocycles. The van der Waals surface area contributed by atoms with E-state index in [9.17, 15) is 9.59 Å². The largest absolute Gasteiger partial charge is 0.480 e. The number of carboxylic acids is 1. The molecule has 2 aliphatic heterocycles. The minimum absolute atomic E-state index is 0.0522. The van der Waals surface area contributed by atoms with Crippen molar-refractivity contribution in [3.05, 3.63) is 0 Å². The van der Waals surface area contributed by atoms with Gasteiger partial charge < -0.3 is 19.6 Å². The Bertz CT molecular complexity index is 356. The molecule has 2 heterocycles. The molecule has 2 fully saturated rings. The summed E-state index contributed by atoms with van der Waals surface area (Å²) in [5.74, 6) is -0.816. The molecule has 1 atom stereocenters. The molecule has 7 nitrogen and oxygen atoms in total. The highest BCUT2D eigenvalue weighted by atomic mass is 16.5. The SMILES string of the molecule is CC1CN(C(=O)N2CCN(CC(=O)O)CC2)CCCO1. The van der Waals surface area contributed by atoms with E-state index in [1.54, 1.807) is 0 Å². The Morgan fingerprint density at radius 1 is 1.15 bits per heavy atom. The van der Waals surface area contributed by atoms with Gasteiger partial charge in [-0.25, -0.2) is 4.79 Å². The standard InChI is InChI=1S/C13H23N3O4/c1-11-9-16(3-2-8-20-11)13(19)15-6-4-14(5-7-15)10-12(17)18/h11H,2-10H2,1H3,(H,17,18). The Hall–Kier alpha value is -1.34. The molecule has 2 aliphatic rings. The first kappa shape index (κ1) is 15.1. The highest BCUT2D eigenvalue weighted by Crippen LogP contribution is 2.10. The van der Waals surface area contributed by atoms with Crippen LogP contribution in [0.25, 0.3) is 0 Å². The minimum atomic E-state index is -0.816. The van der Waals surface area contributed by atoms with E-state index in [0.29, 0.717) is 39.3 Å². The van der Waals surface area contributed by atoms with Gasteiger partial charge in [-0.15, -0.1) is 0 Å². The Morgan fingerprint density at radius 2 is 1.85 bits per heavy atom. The van der Waals surface area contributed by atoms with E-state index in [1.165, 1.54) is 0 Å². The molecule has 1 N–H and O–H groups in total. The number of hydrogen-bond donors (Lipinski definition) is 1. The first-order valence-corrected chi connectivity index (χ1v) is 7.16. The number of rotatable bonds is 2. The monoisotopic (exact) mass is 285 g/mol. The lowest BCUT2D eigenvalue weighted by Gasteiger charge is -2.37. The molecule has 0 spiro atoms. The second-order valence-corrected chi connectivity index (χ2v) is 5.42. The van der Waals surface area contributed by atoms with Crippen LogP contribution in [0.15, 0.2) is 0 Å². The summed E-state index contributed by atoms with van der Waals surface area (Å²) in [6.45, 7) is 6.54. The third kappa shape index (κ3) is 4.08. The first-order chi connectivity index (χ1) is 9.56. The van der Waals surface area contributed by atoms with Gasteiger partial charge in [0.2, 0.25) is 0 Å². The summed E-state index contributed by atoms with van der Waals surface area (Å²) in [5.41, 5.74) is 0. The van der Waals surface area contributed by atoms with Gasteiger partial charge in [0.05, 0.1) is 12.6 Å². The zero-order valence-electron chi connectivity index (χ0n) is 12.0. The van der Waals surface area contributed by atoms with Crippen LogP contribution in [0.1, 0.15) is 13.3 Å².